The van der Waals surface area contributed by atoms with Gasteiger partial charge < -0.3 is 21.7 Å². The Labute approximate surface area is 87.3 Å². The van der Waals surface area contributed by atoms with E-state index in [2.05, 4.69) is 5.10 Å². The summed E-state index contributed by atoms with van der Waals surface area (Å²) < 4.78 is 6.27. The number of hydrogen-bond donors (Lipinski definition) is 0. The number of carbonyl (C=O) groups excluding carboxylic acids is 1. The normalized spacial score (nSPS) is 8.69. The number of rotatable bonds is 3. The van der Waals surface area contributed by atoms with Crippen molar-refractivity contribution < 1.29 is 31.2 Å². The maximum atomic E-state index is 10.9. The molecule has 0 spiro atoms. The smallest absolute Gasteiger partial charge is 0.375 e. The van der Waals surface area contributed by atoms with Gasteiger partial charge in [0.15, 0.2) is 6.20 Å². The predicted molar refractivity (Wildman–Crippen MR) is 41.1 cm³/mol. The summed E-state index contributed by atoms with van der Waals surface area (Å²) in [4.78, 5) is 10.9. The van der Waals surface area contributed by atoms with Crippen LogP contribution in [0.15, 0.2) is 24.5 Å². The zero-order chi connectivity index (χ0) is 8.81. The van der Waals surface area contributed by atoms with Crippen LogP contribution in [0.2, 0.25) is 0 Å². The number of esters is 1. The summed E-state index contributed by atoms with van der Waals surface area (Å²) in [6.07, 6.45) is 3.34. The third-order valence-corrected chi connectivity index (χ3v) is 1.27. The van der Waals surface area contributed by atoms with E-state index in [1.807, 2.05) is 6.07 Å². The molecule has 0 aliphatic carbocycles. The molecule has 0 bridgehead atoms. The largest absolute Gasteiger partial charge is 1.00 e. The van der Waals surface area contributed by atoms with Gasteiger partial charge in [-0.2, -0.15) is 0 Å². The van der Waals surface area contributed by atoms with Gasteiger partial charge >= 0.3 is 5.97 Å². The van der Waals surface area contributed by atoms with Gasteiger partial charge in [0.2, 0.25) is 0 Å². The number of ether oxygens (including phenoxy) is 1. The summed E-state index contributed by atoms with van der Waals surface area (Å²) in [6.45, 7) is 2.36. The van der Waals surface area contributed by atoms with Crippen molar-refractivity contribution in [2.45, 2.75) is 13.5 Å². The van der Waals surface area contributed by atoms with Crippen LogP contribution in [0.1, 0.15) is 6.92 Å². The summed E-state index contributed by atoms with van der Waals surface area (Å²) >= 11 is 0. The third-order valence-electron chi connectivity index (χ3n) is 1.27. The Morgan fingerprint density at radius 1 is 1.54 bits per heavy atom. The molecule has 1 aromatic rings. The van der Waals surface area contributed by atoms with E-state index in [-0.39, 0.29) is 29.5 Å². The monoisotopic (exact) mass is 246 g/mol. The lowest BCUT2D eigenvalue weighted by molar-refractivity contribution is -0.743. The van der Waals surface area contributed by atoms with Crippen molar-refractivity contribution in [3.8, 4) is 0 Å². The van der Waals surface area contributed by atoms with E-state index in [1.165, 1.54) is 4.68 Å². The van der Waals surface area contributed by atoms with E-state index in [0.29, 0.717) is 6.61 Å². The predicted octanol–water partition coefficient (Wildman–Crippen LogP) is -3.06. The molecule has 0 unspecified atom stereocenters. The van der Waals surface area contributed by atoms with Gasteiger partial charge in [-0.15, -0.1) is 0 Å². The first-order chi connectivity index (χ1) is 5.83. The maximum Gasteiger partial charge on any atom is 0.375 e. The van der Waals surface area contributed by atoms with Gasteiger partial charge in [-0.3, -0.25) is 0 Å². The molecule has 1 rings (SSSR count). The fourth-order valence-electron chi connectivity index (χ4n) is 0.794. The van der Waals surface area contributed by atoms with Crippen molar-refractivity contribution in [2.24, 2.45) is 0 Å². The zero-order valence-electron chi connectivity index (χ0n) is 7.31. The van der Waals surface area contributed by atoms with Crippen LogP contribution < -0.4 is 21.7 Å². The van der Waals surface area contributed by atoms with E-state index < -0.39 is 0 Å². The lowest BCUT2D eigenvalue weighted by atomic mass is 10.5. The summed E-state index contributed by atoms with van der Waals surface area (Å²) in [5, 5.41) is 3.92. The fraction of sp³-hybridized carbons (Fsp3) is 0.375. The Morgan fingerprint density at radius 3 is 2.85 bits per heavy atom. The Bertz CT molecular complexity index is 254. The molecule has 5 heteroatoms. The van der Waals surface area contributed by atoms with Crippen molar-refractivity contribution in [1.82, 2.24) is 5.10 Å². The zero-order valence-corrected chi connectivity index (χ0v) is 8.90. The molecule has 72 valence electrons. The Kier molecular flexibility index (Phi) is 6.05. The molecule has 0 saturated heterocycles. The molecule has 0 saturated carbocycles. The third kappa shape index (κ3) is 4.57. The number of aromatic nitrogens is 2. The van der Waals surface area contributed by atoms with Crippen LogP contribution in [0.4, 0.5) is 0 Å². The second kappa shape index (κ2) is 6.54. The number of nitrogens with zero attached hydrogens (tertiary/aromatic N) is 2. The fourth-order valence-corrected chi connectivity index (χ4v) is 0.794. The number of carbonyl (C=O) groups is 1. The molecular weight excluding hydrogens is 236 g/mol. The van der Waals surface area contributed by atoms with Gasteiger partial charge in [-0.25, -0.2) is 4.79 Å². The Morgan fingerprint density at radius 2 is 2.31 bits per heavy atom. The quantitative estimate of drug-likeness (QED) is 0.420. The number of hydrogen-bond acceptors (Lipinski definition) is 3. The molecule has 0 atom stereocenters. The van der Waals surface area contributed by atoms with Crippen LogP contribution in [0, 0.1) is 0 Å². The summed E-state index contributed by atoms with van der Waals surface area (Å²) in [5.74, 6) is -0.263. The highest BCUT2D eigenvalue weighted by molar-refractivity contribution is 5.67. The minimum atomic E-state index is -0.263. The number of halogens is 1. The first-order valence-corrected chi connectivity index (χ1v) is 3.79. The molecule has 4 nitrogen and oxygen atoms in total. The standard InChI is InChI=1S/C8H11N2O2.BrH/c1-2-12-8(11)7-10-6-4-3-5-9-10;/h3-6H,2,7H2,1H3;1H/q+1;/p-1. The van der Waals surface area contributed by atoms with Crippen molar-refractivity contribution in [2.75, 3.05) is 6.61 Å². The average molecular weight is 247 g/mol. The van der Waals surface area contributed by atoms with Gasteiger partial charge in [0.05, 0.1) is 12.8 Å². The minimum Gasteiger partial charge on any atom is -1.00 e. The van der Waals surface area contributed by atoms with Gasteiger partial charge in [0.1, 0.15) is 0 Å². The Balaban J connectivity index is 0.00000144. The lowest BCUT2D eigenvalue weighted by Crippen LogP contribution is -3.00. The topological polar surface area (TPSA) is 43.1 Å². The van der Waals surface area contributed by atoms with Crippen LogP contribution in [0.3, 0.4) is 0 Å². The van der Waals surface area contributed by atoms with Crippen LogP contribution in [0.25, 0.3) is 0 Å². The van der Waals surface area contributed by atoms with Crippen LogP contribution in [0.5, 0.6) is 0 Å². The van der Waals surface area contributed by atoms with Crippen molar-refractivity contribution in [3.05, 3.63) is 24.5 Å². The van der Waals surface area contributed by atoms with Crippen molar-refractivity contribution >= 4 is 5.97 Å². The molecular formula is C8H11BrN2O2. The first kappa shape index (κ1) is 12.0. The summed E-state index contributed by atoms with van der Waals surface area (Å²) in [7, 11) is 0. The molecule has 0 amide bonds. The molecule has 0 aliphatic rings. The molecule has 13 heavy (non-hydrogen) atoms. The summed E-state index contributed by atoms with van der Waals surface area (Å²) in [6, 6.07) is 3.61. The van der Waals surface area contributed by atoms with Crippen LogP contribution in [-0.4, -0.2) is 17.7 Å². The molecule has 1 aromatic heterocycles. The SMILES string of the molecule is CCOC(=O)C[n+]1ccccn1.[Br-]. The highest BCUT2D eigenvalue weighted by Gasteiger charge is 2.09. The molecule has 0 N–H and O–H groups in total. The van der Waals surface area contributed by atoms with Crippen LogP contribution >= 0.6 is 0 Å². The van der Waals surface area contributed by atoms with Crippen molar-refractivity contribution in [1.29, 1.82) is 0 Å². The molecule has 0 aromatic carbocycles. The van der Waals surface area contributed by atoms with E-state index in [0.717, 1.165) is 0 Å². The van der Waals surface area contributed by atoms with E-state index >= 15 is 0 Å². The Hall–Kier alpha value is -0.970. The van der Waals surface area contributed by atoms with Gasteiger partial charge in [0.25, 0.3) is 6.54 Å². The highest BCUT2D eigenvalue weighted by atomic mass is 79.9. The molecule has 0 fully saturated rings. The van der Waals surface area contributed by atoms with Crippen molar-refractivity contribution in [3.63, 3.8) is 0 Å². The molecule has 1 heterocycles. The second-order valence-corrected chi connectivity index (χ2v) is 2.20. The lowest BCUT2D eigenvalue weighted by Gasteiger charge is -1.95. The van der Waals surface area contributed by atoms with Gasteiger partial charge in [0, 0.05) is 6.07 Å². The highest BCUT2D eigenvalue weighted by Crippen LogP contribution is 1.77. The molecule has 0 aliphatic heterocycles. The first-order valence-electron chi connectivity index (χ1n) is 3.79. The van der Waals surface area contributed by atoms with E-state index in [9.17, 15) is 4.79 Å². The second-order valence-electron chi connectivity index (χ2n) is 2.20. The molecule has 0 radical (unpaired) electrons. The van der Waals surface area contributed by atoms with E-state index in [4.69, 9.17) is 4.74 Å². The van der Waals surface area contributed by atoms with Gasteiger partial charge in [-0.05, 0) is 18.1 Å². The van der Waals surface area contributed by atoms with E-state index in [1.54, 1.807) is 25.4 Å². The minimum absolute atomic E-state index is 0. The average Bonchev–Trinajstić information content (AvgIpc) is 2.06. The van der Waals surface area contributed by atoms with Crippen LogP contribution in [-0.2, 0) is 16.1 Å². The summed E-state index contributed by atoms with van der Waals surface area (Å²) in [5.41, 5.74) is 0. The van der Waals surface area contributed by atoms with Gasteiger partial charge in [-0.1, -0.05) is 4.68 Å². The maximum absolute atomic E-state index is 10.9.